The summed E-state index contributed by atoms with van der Waals surface area (Å²) >= 11 is 0. The van der Waals surface area contributed by atoms with Gasteiger partial charge in [0.15, 0.2) is 0 Å². The number of aromatic nitrogens is 1. The fourth-order valence-corrected chi connectivity index (χ4v) is 2.64. The third-order valence-corrected chi connectivity index (χ3v) is 3.71. The van der Waals surface area contributed by atoms with E-state index in [1.165, 1.54) is 16.6 Å². The molecule has 1 N–H and O–H groups in total. The molecule has 96 valence electrons. The van der Waals surface area contributed by atoms with Crippen LogP contribution in [0, 0.1) is 0 Å². The maximum Gasteiger partial charge on any atom is 0.0702 e. The molecule has 2 heterocycles. The van der Waals surface area contributed by atoms with Crippen LogP contribution in [0.5, 0.6) is 0 Å². The minimum Gasteiger partial charge on any atom is -0.355 e. The first kappa shape index (κ1) is 11.2. The van der Waals surface area contributed by atoms with Gasteiger partial charge in [-0.3, -0.25) is 4.98 Å². The maximum absolute atomic E-state index is 4.53. The molecule has 2 nitrogen and oxygen atoms in total. The van der Waals surface area contributed by atoms with Crippen molar-refractivity contribution < 1.29 is 0 Å². The van der Waals surface area contributed by atoms with Gasteiger partial charge in [-0.05, 0) is 30.2 Å². The van der Waals surface area contributed by atoms with E-state index in [4.69, 9.17) is 0 Å². The van der Waals surface area contributed by atoms with Gasteiger partial charge in [0, 0.05) is 28.5 Å². The molecule has 4 rings (SSSR count). The normalized spacial score (nSPS) is 13.5. The Balaban J connectivity index is 1.75. The molecule has 0 atom stereocenters. The topological polar surface area (TPSA) is 24.9 Å². The van der Waals surface area contributed by atoms with Crippen molar-refractivity contribution in [3.63, 3.8) is 0 Å². The first-order valence-electron chi connectivity index (χ1n) is 6.80. The molecule has 0 radical (unpaired) electrons. The Kier molecular flexibility index (Phi) is 2.52. The van der Waals surface area contributed by atoms with Crippen molar-refractivity contribution in [3.05, 3.63) is 78.0 Å². The zero-order chi connectivity index (χ0) is 13.4. The molecule has 0 saturated heterocycles. The molecule has 0 unspecified atom stereocenters. The van der Waals surface area contributed by atoms with Crippen LogP contribution in [0.15, 0.2) is 66.9 Å². The summed E-state index contributed by atoms with van der Waals surface area (Å²) in [6, 6.07) is 18.8. The molecule has 2 aromatic carbocycles. The van der Waals surface area contributed by atoms with Gasteiger partial charge >= 0.3 is 0 Å². The Morgan fingerprint density at radius 2 is 1.80 bits per heavy atom. The van der Waals surface area contributed by atoms with Crippen molar-refractivity contribution in [1.82, 2.24) is 4.98 Å². The number of anilines is 1. The Hall–Kier alpha value is -2.61. The smallest absolute Gasteiger partial charge is 0.0702 e. The third kappa shape index (κ3) is 1.86. The van der Waals surface area contributed by atoms with Crippen LogP contribution in [0.25, 0.3) is 16.6 Å². The van der Waals surface area contributed by atoms with E-state index in [1.807, 2.05) is 24.4 Å². The minimum absolute atomic E-state index is 0.964. The second-order valence-electron chi connectivity index (χ2n) is 5.02. The summed E-state index contributed by atoms with van der Waals surface area (Å²) in [4.78, 5) is 4.53. The van der Waals surface area contributed by atoms with E-state index in [9.17, 15) is 0 Å². The first-order chi connectivity index (χ1) is 9.90. The highest BCUT2D eigenvalue weighted by molar-refractivity contribution is 5.86. The molecule has 20 heavy (non-hydrogen) atoms. The summed E-state index contributed by atoms with van der Waals surface area (Å²) in [5.41, 5.74) is 5.84. The van der Waals surface area contributed by atoms with E-state index < -0.39 is 0 Å². The summed E-state index contributed by atoms with van der Waals surface area (Å²) in [5, 5.41) is 4.67. The van der Waals surface area contributed by atoms with Gasteiger partial charge in [0.05, 0.1) is 5.52 Å². The van der Waals surface area contributed by atoms with Gasteiger partial charge in [0.1, 0.15) is 0 Å². The molecule has 0 fully saturated rings. The van der Waals surface area contributed by atoms with Crippen molar-refractivity contribution in [1.29, 1.82) is 0 Å². The van der Waals surface area contributed by atoms with Gasteiger partial charge in [0.25, 0.3) is 0 Å². The Bertz CT molecular complexity index is 818. The zero-order valence-corrected chi connectivity index (χ0v) is 11.0. The van der Waals surface area contributed by atoms with Gasteiger partial charge in [0.2, 0.25) is 0 Å². The van der Waals surface area contributed by atoms with E-state index in [2.05, 4.69) is 52.8 Å². The highest BCUT2D eigenvalue weighted by Crippen LogP contribution is 2.28. The Labute approximate surface area is 117 Å². The number of fused-ring (bicyclic) bond motifs is 2. The first-order valence-corrected chi connectivity index (χ1v) is 6.80. The quantitative estimate of drug-likeness (QED) is 0.706. The van der Waals surface area contributed by atoms with Gasteiger partial charge < -0.3 is 5.32 Å². The molecule has 2 heteroatoms. The summed E-state index contributed by atoms with van der Waals surface area (Å²) in [6.07, 6.45) is 5.13. The van der Waals surface area contributed by atoms with Crippen LogP contribution in [0.3, 0.4) is 0 Å². The molecule has 1 aliphatic heterocycles. The molecular weight excluding hydrogens is 244 g/mol. The van der Waals surface area contributed by atoms with Crippen LogP contribution in [0.2, 0.25) is 0 Å². The fourth-order valence-electron chi connectivity index (χ4n) is 2.64. The number of hydrogen-bond acceptors (Lipinski definition) is 2. The van der Waals surface area contributed by atoms with Gasteiger partial charge in [-0.2, -0.15) is 0 Å². The number of pyridine rings is 1. The van der Waals surface area contributed by atoms with Crippen LogP contribution >= 0.6 is 0 Å². The second-order valence-corrected chi connectivity index (χ2v) is 5.02. The highest BCUT2D eigenvalue weighted by atomic mass is 14.9. The number of nitrogens with one attached hydrogen (secondary N) is 1. The van der Waals surface area contributed by atoms with Crippen molar-refractivity contribution >= 4 is 22.3 Å². The molecule has 1 aromatic heterocycles. The standard InChI is InChI=1S/C18H14N2/c1-4-8-17-13(5-1)9-10-18(20-17)15-11-14-6-2-3-7-16(14)19-12-15/h1-8,10-12,20H,9H2. The van der Waals surface area contributed by atoms with Crippen LogP contribution in [0.1, 0.15) is 11.1 Å². The predicted octanol–water partition coefficient (Wildman–Crippen LogP) is 4.24. The molecule has 0 aliphatic carbocycles. The largest absolute Gasteiger partial charge is 0.355 e. The van der Waals surface area contributed by atoms with Crippen LogP contribution in [0.4, 0.5) is 5.69 Å². The van der Waals surface area contributed by atoms with Crippen LogP contribution in [-0.4, -0.2) is 4.98 Å². The number of para-hydroxylation sites is 2. The van der Waals surface area contributed by atoms with E-state index in [0.717, 1.165) is 23.2 Å². The van der Waals surface area contributed by atoms with E-state index in [-0.39, 0.29) is 0 Å². The summed E-state index contributed by atoms with van der Waals surface area (Å²) in [7, 11) is 0. The molecule has 0 spiro atoms. The lowest BCUT2D eigenvalue weighted by Gasteiger charge is -2.19. The van der Waals surface area contributed by atoms with E-state index in [1.54, 1.807) is 0 Å². The van der Waals surface area contributed by atoms with Crippen molar-refractivity contribution in [2.75, 3.05) is 5.32 Å². The van der Waals surface area contributed by atoms with Crippen molar-refractivity contribution in [2.45, 2.75) is 6.42 Å². The van der Waals surface area contributed by atoms with Crippen molar-refractivity contribution in [3.8, 4) is 0 Å². The maximum atomic E-state index is 4.53. The number of allylic oxidation sites excluding steroid dienone is 1. The summed E-state index contributed by atoms with van der Waals surface area (Å²) < 4.78 is 0. The lowest BCUT2D eigenvalue weighted by molar-refractivity contribution is 1.23. The Morgan fingerprint density at radius 3 is 2.80 bits per heavy atom. The van der Waals surface area contributed by atoms with E-state index >= 15 is 0 Å². The van der Waals surface area contributed by atoms with Crippen LogP contribution < -0.4 is 5.32 Å². The van der Waals surface area contributed by atoms with E-state index in [0.29, 0.717) is 0 Å². The lowest BCUT2D eigenvalue weighted by Crippen LogP contribution is -2.07. The van der Waals surface area contributed by atoms with Gasteiger partial charge in [-0.1, -0.05) is 42.5 Å². The number of hydrogen-bond donors (Lipinski definition) is 1. The van der Waals surface area contributed by atoms with Crippen molar-refractivity contribution in [2.24, 2.45) is 0 Å². The molecule has 1 aliphatic rings. The average molecular weight is 258 g/mol. The number of benzene rings is 2. The van der Waals surface area contributed by atoms with Gasteiger partial charge in [-0.15, -0.1) is 0 Å². The molecule has 0 amide bonds. The summed E-state index contributed by atoms with van der Waals surface area (Å²) in [6.45, 7) is 0. The summed E-state index contributed by atoms with van der Waals surface area (Å²) in [5.74, 6) is 0. The van der Waals surface area contributed by atoms with Crippen LogP contribution in [-0.2, 0) is 6.42 Å². The molecular formula is C18H14N2. The number of nitrogens with zero attached hydrogens (tertiary/aromatic N) is 1. The zero-order valence-electron chi connectivity index (χ0n) is 11.0. The Morgan fingerprint density at radius 1 is 0.950 bits per heavy atom. The minimum atomic E-state index is 0.964. The van der Waals surface area contributed by atoms with Gasteiger partial charge in [-0.25, -0.2) is 0 Å². The highest BCUT2D eigenvalue weighted by Gasteiger charge is 2.11. The lowest BCUT2D eigenvalue weighted by atomic mass is 10.0. The SMILES string of the molecule is C1=C(c2cnc3ccccc3c2)Nc2ccccc2C1. The monoisotopic (exact) mass is 258 g/mol. The third-order valence-electron chi connectivity index (χ3n) is 3.71. The number of rotatable bonds is 1. The molecule has 0 saturated carbocycles. The second kappa shape index (κ2) is 4.49. The molecule has 3 aromatic rings. The predicted molar refractivity (Wildman–Crippen MR) is 83.5 cm³/mol. The average Bonchev–Trinajstić information content (AvgIpc) is 2.54. The molecule has 0 bridgehead atoms. The fraction of sp³-hybridized carbons (Fsp3) is 0.0556.